The van der Waals surface area contributed by atoms with Crippen molar-refractivity contribution in [2.24, 2.45) is 0 Å². The SMILES string of the molecule is Fc1c[c]c(OCCCCl)cc1. The number of ether oxygens (including phenoxy) is 1. The zero-order chi connectivity index (χ0) is 8.81. The third-order valence-electron chi connectivity index (χ3n) is 1.28. The molecule has 65 valence electrons. The van der Waals surface area contributed by atoms with Crippen LogP contribution in [0.5, 0.6) is 5.75 Å². The van der Waals surface area contributed by atoms with Gasteiger partial charge in [-0.2, -0.15) is 0 Å². The van der Waals surface area contributed by atoms with Gasteiger partial charge in [-0.3, -0.25) is 0 Å². The second-order valence-corrected chi connectivity index (χ2v) is 2.64. The average Bonchev–Trinajstić information content (AvgIpc) is 2.09. The van der Waals surface area contributed by atoms with E-state index in [-0.39, 0.29) is 5.82 Å². The van der Waals surface area contributed by atoms with E-state index in [0.29, 0.717) is 18.2 Å². The minimum Gasteiger partial charge on any atom is -0.493 e. The van der Waals surface area contributed by atoms with Gasteiger partial charge < -0.3 is 4.74 Å². The molecule has 0 unspecified atom stereocenters. The van der Waals surface area contributed by atoms with Gasteiger partial charge in [-0.15, -0.1) is 11.6 Å². The molecular formula is C9H9ClFO. The topological polar surface area (TPSA) is 9.23 Å². The van der Waals surface area contributed by atoms with Gasteiger partial charge in [0.1, 0.15) is 11.6 Å². The molecule has 1 nitrogen and oxygen atoms in total. The van der Waals surface area contributed by atoms with Gasteiger partial charge in [0.15, 0.2) is 0 Å². The van der Waals surface area contributed by atoms with Gasteiger partial charge in [0.25, 0.3) is 0 Å². The van der Waals surface area contributed by atoms with Crippen LogP contribution in [0.1, 0.15) is 6.42 Å². The maximum Gasteiger partial charge on any atom is 0.127 e. The van der Waals surface area contributed by atoms with Crippen molar-refractivity contribution in [2.45, 2.75) is 6.42 Å². The number of rotatable bonds is 4. The third-order valence-corrected chi connectivity index (χ3v) is 1.55. The summed E-state index contributed by atoms with van der Waals surface area (Å²) in [4.78, 5) is 0. The molecule has 0 saturated carbocycles. The van der Waals surface area contributed by atoms with Crippen molar-refractivity contribution in [2.75, 3.05) is 12.5 Å². The largest absolute Gasteiger partial charge is 0.493 e. The van der Waals surface area contributed by atoms with Crippen molar-refractivity contribution in [1.82, 2.24) is 0 Å². The Morgan fingerprint density at radius 1 is 1.50 bits per heavy atom. The molecule has 0 aliphatic rings. The van der Waals surface area contributed by atoms with Gasteiger partial charge >= 0.3 is 0 Å². The fourth-order valence-electron chi connectivity index (χ4n) is 0.718. The standard InChI is InChI=1S/C9H9ClFO/c10-6-1-7-12-9-4-2-8(11)3-5-9/h2-4H,1,6-7H2. The summed E-state index contributed by atoms with van der Waals surface area (Å²) in [5.74, 6) is 0.822. The lowest BCUT2D eigenvalue weighted by Crippen LogP contribution is -1.97. The molecule has 0 bridgehead atoms. The Balaban J connectivity index is 2.37. The first-order chi connectivity index (χ1) is 5.83. The molecule has 12 heavy (non-hydrogen) atoms. The van der Waals surface area contributed by atoms with Crippen molar-refractivity contribution < 1.29 is 9.13 Å². The summed E-state index contributed by atoms with van der Waals surface area (Å²) in [6.07, 6.45) is 0.784. The van der Waals surface area contributed by atoms with E-state index in [2.05, 4.69) is 6.07 Å². The van der Waals surface area contributed by atoms with Crippen molar-refractivity contribution in [3.05, 3.63) is 30.1 Å². The Bertz CT molecular complexity index is 222. The van der Waals surface area contributed by atoms with E-state index in [1.54, 1.807) is 6.07 Å². The summed E-state index contributed by atoms with van der Waals surface area (Å²) in [7, 11) is 0. The molecule has 3 heteroatoms. The lowest BCUT2D eigenvalue weighted by atomic mass is 10.3. The van der Waals surface area contributed by atoms with Crippen LogP contribution >= 0.6 is 11.6 Å². The highest BCUT2D eigenvalue weighted by molar-refractivity contribution is 6.17. The van der Waals surface area contributed by atoms with Gasteiger partial charge in [0.05, 0.1) is 6.61 Å². The van der Waals surface area contributed by atoms with Gasteiger partial charge in [0.2, 0.25) is 0 Å². The predicted molar refractivity (Wildman–Crippen MR) is 46.1 cm³/mol. The zero-order valence-corrected chi connectivity index (χ0v) is 7.27. The third kappa shape index (κ3) is 3.09. The minimum atomic E-state index is -0.306. The summed E-state index contributed by atoms with van der Waals surface area (Å²) in [6, 6.07) is 6.79. The van der Waals surface area contributed by atoms with E-state index >= 15 is 0 Å². The first kappa shape index (κ1) is 9.33. The monoisotopic (exact) mass is 187 g/mol. The van der Waals surface area contributed by atoms with Crippen LogP contribution in [0, 0.1) is 11.9 Å². The van der Waals surface area contributed by atoms with Gasteiger partial charge in [-0.1, -0.05) is 0 Å². The number of halogens is 2. The normalized spacial score (nSPS) is 9.83. The maximum atomic E-state index is 12.4. The lowest BCUT2D eigenvalue weighted by Gasteiger charge is -2.02. The number of benzene rings is 1. The Labute approximate surface area is 76.1 Å². The molecule has 0 amide bonds. The van der Waals surface area contributed by atoms with Crippen LogP contribution in [0.4, 0.5) is 4.39 Å². The molecular weight excluding hydrogens is 179 g/mol. The molecule has 1 rings (SSSR count). The molecule has 0 N–H and O–H groups in total. The fraction of sp³-hybridized carbons (Fsp3) is 0.333. The molecule has 1 aromatic rings. The van der Waals surface area contributed by atoms with Gasteiger partial charge in [0, 0.05) is 11.9 Å². The van der Waals surface area contributed by atoms with Crippen LogP contribution in [0.15, 0.2) is 18.2 Å². The molecule has 1 radical (unpaired) electrons. The molecule has 0 aliphatic heterocycles. The van der Waals surface area contributed by atoms with Crippen LogP contribution in [0.2, 0.25) is 0 Å². The molecule has 0 atom stereocenters. The lowest BCUT2D eigenvalue weighted by molar-refractivity contribution is 0.317. The van der Waals surface area contributed by atoms with Crippen LogP contribution in [-0.2, 0) is 0 Å². The number of hydrogen-bond acceptors (Lipinski definition) is 1. The first-order valence-electron chi connectivity index (χ1n) is 3.69. The minimum absolute atomic E-state index is 0.306. The van der Waals surface area contributed by atoms with E-state index < -0.39 is 0 Å². The molecule has 1 aromatic carbocycles. The van der Waals surface area contributed by atoms with Crippen LogP contribution in [-0.4, -0.2) is 12.5 Å². The summed E-state index contributed by atoms with van der Waals surface area (Å²) < 4.78 is 17.6. The molecule has 0 spiro atoms. The predicted octanol–water partition coefficient (Wildman–Crippen LogP) is 2.63. The quantitative estimate of drug-likeness (QED) is 0.520. The Kier molecular flexibility index (Phi) is 3.88. The van der Waals surface area contributed by atoms with Crippen LogP contribution < -0.4 is 4.74 Å². The Morgan fingerprint density at radius 3 is 2.92 bits per heavy atom. The summed E-state index contributed by atoms with van der Waals surface area (Å²) in [5, 5.41) is 0. The van der Waals surface area contributed by atoms with Crippen molar-refractivity contribution in [3.63, 3.8) is 0 Å². The second-order valence-electron chi connectivity index (χ2n) is 2.26. The summed E-state index contributed by atoms with van der Waals surface area (Å²) in [5.41, 5.74) is 0. The highest BCUT2D eigenvalue weighted by Crippen LogP contribution is 2.10. The second kappa shape index (κ2) is 4.99. The number of alkyl halides is 1. The van der Waals surface area contributed by atoms with E-state index in [1.165, 1.54) is 12.1 Å². The highest BCUT2D eigenvalue weighted by atomic mass is 35.5. The smallest absolute Gasteiger partial charge is 0.127 e. The molecule has 0 aromatic heterocycles. The Hall–Kier alpha value is -0.760. The van der Waals surface area contributed by atoms with E-state index in [0.717, 1.165) is 6.42 Å². The van der Waals surface area contributed by atoms with E-state index in [9.17, 15) is 4.39 Å². The van der Waals surface area contributed by atoms with Crippen LogP contribution in [0.25, 0.3) is 0 Å². The van der Waals surface area contributed by atoms with Crippen molar-refractivity contribution in [1.29, 1.82) is 0 Å². The van der Waals surface area contributed by atoms with Crippen molar-refractivity contribution >= 4 is 11.6 Å². The van der Waals surface area contributed by atoms with Gasteiger partial charge in [-0.25, -0.2) is 4.39 Å². The maximum absolute atomic E-state index is 12.4. The fourth-order valence-corrected chi connectivity index (χ4v) is 0.827. The average molecular weight is 188 g/mol. The molecule has 0 heterocycles. The number of hydrogen-bond donors (Lipinski definition) is 0. The first-order valence-corrected chi connectivity index (χ1v) is 4.22. The molecule has 0 fully saturated rings. The molecule has 0 aliphatic carbocycles. The highest BCUT2D eigenvalue weighted by Gasteiger charge is 1.93. The summed E-state index contributed by atoms with van der Waals surface area (Å²) >= 11 is 5.44. The van der Waals surface area contributed by atoms with E-state index in [4.69, 9.17) is 16.3 Å². The van der Waals surface area contributed by atoms with E-state index in [1.807, 2.05) is 0 Å². The summed E-state index contributed by atoms with van der Waals surface area (Å²) in [6.45, 7) is 0.547. The Morgan fingerprint density at radius 2 is 2.33 bits per heavy atom. The zero-order valence-electron chi connectivity index (χ0n) is 6.52. The van der Waals surface area contributed by atoms with Gasteiger partial charge in [-0.05, 0) is 24.6 Å². The molecule has 0 saturated heterocycles. The van der Waals surface area contributed by atoms with Crippen LogP contribution in [0.3, 0.4) is 0 Å². The van der Waals surface area contributed by atoms with Crippen molar-refractivity contribution in [3.8, 4) is 5.75 Å².